The lowest BCUT2D eigenvalue weighted by atomic mass is 9.91. The molecule has 0 heterocycles. The summed E-state index contributed by atoms with van der Waals surface area (Å²) in [5.74, 6) is 0. The van der Waals surface area contributed by atoms with Crippen molar-refractivity contribution in [1.82, 2.24) is 0 Å². The van der Waals surface area contributed by atoms with E-state index in [4.69, 9.17) is 0 Å². The van der Waals surface area contributed by atoms with Gasteiger partial charge in [0.1, 0.15) is 0 Å². The summed E-state index contributed by atoms with van der Waals surface area (Å²) in [6, 6.07) is 0. The third-order valence-corrected chi connectivity index (χ3v) is 3.36. The fraction of sp³-hybridized carbons (Fsp3) is 0.667. The van der Waals surface area contributed by atoms with E-state index in [-0.39, 0.29) is 0 Å². The highest BCUT2D eigenvalue weighted by molar-refractivity contribution is 5.24. The molecular formula is C12H18. The van der Waals surface area contributed by atoms with Crippen LogP contribution in [0.1, 0.15) is 45.4 Å². The molecular weight excluding hydrogens is 144 g/mol. The zero-order valence-electron chi connectivity index (χ0n) is 7.97. The standard InChI is InChI=1S/C12H18/c1-2-12(8-9-12)10-11-6-4-3-5-7-11/h4,6-7H,2-3,5,8-10H2,1H3. The summed E-state index contributed by atoms with van der Waals surface area (Å²) in [7, 11) is 0. The van der Waals surface area contributed by atoms with E-state index in [2.05, 4.69) is 25.2 Å². The van der Waals surface area contributed by atoms with E-state index in [1.165, 1.54) is 38.5 Å². The minimum atomic E-state index is 0.730. The van der Waals surface area contributed by atoms with E-state index in [9.17, 15) is 0 Å². The van der Waals surface area contributed by atoms with Crippen LogP contribution in [0.5, 0.6) is 0 Å². The quantitative estimate of drug-likeness (QED) is 0.591. The molecule has 0 amide bonds. The number of allylic oxidation sites excluding steroid dienone is 4. The Morgan fingerprint density at radius 3 is 2.67 bits per heavy atom. The zero-order chi connectivity index (χ0) is 8.44. The van der Waals surface area contributed by atoms with Gasteiger partial charge in [-0.3, -0.25) is 0 Å². The molecule has 0 aromatic heterocycles. The summed E-state index contributed by atoms with van der Waals surface area (Å²) >= 11 is 0. The van der Waals surface area contributed by atoms with Crippen LogP contribution in [0.2, 0.25) is 0 Å². The number of hydrogen-bond acceptors (Lipinski definition) is 0. The summed E-state index contributed by atoms with van der Waals surface area (Å²) in [5.41, 5.74) is 2.33. The van der Waals surface area contributed by atoms with Crippen molar-refractivity contribution in [2.45, 2.75) is 45.4 Å². The SMILES string of the molecule is CCC1(CC2=CCCC=C2)CC1. The largest absolute Gasteiger partial charge is 0.0840 e. The molecule has 0 saturated heterocycles. The predicted molar refractivity (Wildman–Crippen MR) is 53.0 cm³/mol. The average Bonchev–Trinajstić information content (AvgIpc) is 2.88. The molecule has 0 aromatic rings. The monoisotopic (exact) mass is 162 g/mol. The normalized spacial score (nSPS) is 25.2. The van der Waals surface area contributed by atoms with Crippen LogP contribution in [-0.2, 0) is 0 Å². The van der Waals surface area contributed by atoms with Crippen LogP contribution >= 0.6 is 0 Å². The summed E-state index contributed by atoms with van der Waals surface area (Å²) in [6.45, 7) is 2.33. The van der Waals surface area contributed by atoms with Crippen LogP contribution in [0.25, 0.3) is 0 Å². The summed E-state index contributed by atoms with van der Waals surface area (Å²) in [5, 5.41) is 0. The maximum Gasteiger partial charge on any atom is -0.0225 e. The molecule has 1 saturated carbocycles. The maximum absolute atomic E-state index is 2.43. The van der Waals surface area contributed by atoms with Crippen molar-refractivity contribution < 1.29 is 0 Å². The molecule has 12 heavy (non-hydrogen) atoms. The van der Waals surface area contributed by atoms with Crippen LogP contribution in [0, 0.1) is 5.41 Å². The first-order chi connectivity index (χ1) is 5.85. The van der Waals surface area contributed by atoms with Crippen molar-refractivity contribution >= 4 is 0 Å². The predicted octanol–water partition coefficient (Wildman–Crippen LogP) is 3.84. The highest BCUT2D eigenvalue weighted by Crippen LogP contribution is 2.53. The summed E-state index contributed by atoms with van der Waals surface area (Å²) < 4.78 is 0. The van der Waals surface area contributed by atoms with Gasteiger partial charge in [-0.05, 0) is 37.5 Å². The highest BCUT2D eigenvalue weighted by atomic mass is 14.4. The van der Waals surface area contributed by atoms with Crippen LogP contribution in [0.4, 0.5) is 0 Å². The Labute approximate surface area is 75.4 Å². The van der Waals surface area contributed by atoms with Crippen molar-refractivity contribution in [3.05, 3.63) is 23.8 Å². The van der Waals surface area contributed by atoms with Crippen LogP contribution in [-0.4, -0.2) is 0 Å². The Morgan fingerprint density at radius 2 is 2.17 bits per heavy atom. The van der Waals surface area contributed by atoms with Crippen molar-refractivity contribution in [3.8, 4) is 0 Å². The zero-order valence-corrected chi connectivity index (χ0v) is 7.97. The second-order valence-electron chi connectivity index (χ2n) is 4.29. The third kappa shape index (κ3) is 1.63. The molecule has 0 aliphatic heterocycles. The molecule has 0 radical (unpaired) electrons. The molecule has 0 bridgehead atoms. The lowest BCUT2D eigenvalue weighted by molar-refractivity contribution is 0.489. The lowest BCUT2D eigenvalue weighted by Gasteiger charge is -2.14. The highest BCUT2D eigenvalue weighted by Gasteiger charge is 2.40. The van der Waals surface area contributed by atoms with Gasteiger partial charge in [-0.2, -0.15) is 0 Å². The number of hydrogen-bond donors (Lipinski definition) is 0. The molecule has 0 unspecified atom stereocenters. The van der Waals surface area contributed by atoms with E-state index in [0.29, 0.717) is 0 Å². The maximum atomic E-state index is 2.43. The second kappa shape index (κ2) is 3.08. The Kier molecular flexibility index (Phi) is 2.08. The van der Waals surface area contributed by atoms with Gasteiger partial charge in [0.05, 0.1) is 0 Å². The average molecular weight is 162 g/mol. The van der Waals surface area contributed by atoms with Crippen molar-refractivity contribution in [3.63, 3.8) is 0 Å². The Bertz CT molecular complexity index is 216. The van der Waals surface area contributed by atoms with Gasteiger partial charge in [-0.25, -0.2) is 0 Å². The molecule has 0 atom stereocenters. The van der Waals surface area contributed by atoms with Crippen molar-refractivity contribution in [1.29, 1.82) is 0 Å². The van der Waals surface area contributed by atoms with Gasteiger partial charge >= 0.3 is 0 Å². The first-order valence-electron chi connectivity index (χ1n) is 5.20. The molecule has 0 heteroatoms. The van der Waals surface area contributed by atoms with Crippen LogP contribution < -0.4 is 0 Å². The Morgan fingerprint density at radius 1 is 1.33 bits per heavy atom. The fourth-order valence-corrected chi connectivity index (χ4v) is 2.06. The molecule has 66 valence electrons. The smallest absolute Gasteiger partial charge is 0.0225 e. The summed E-state index contributed by atoms with van der Waals surface area (Å²) in [4.78, 5) is 0. The van der Waals surface area contributed by atoms with Gasteiger partial charge in [-0.1, -0.05) is 37.1 Å². The second-order valence-corrected chi connectivity index (χ2v) is 4.29. The third-order valence-electron chi connectivity index (χ3n) is 3.36. The van der Waals surface area contributed by atoms with Gasteiger partial charge in [0.25, 0.3) is 0 Å². The van der Waals surface area contributed by atoms with Gasteiger partial charge < -0.3 is 0 Å². The first-order valence-corrected chi connectivity index (χ1v) is 5.20. The molecule has 0 spiro atoms. The molecule has 2 rings (SSSR count). The molecule has 2 aliphatic rings. The van der Waals surface area contributed by atoms with Crippen molar-refractivity contribution in [2.75, 3.05) is 0 Å². The topological polar surface area (TPSA) is 0 Å². The van der Waals surface area contributed by atoms with Gasteiger partial charge in [0.15, 0.2) is 0 Å². The van der Waals surface area contributed by atoms with Crippen LogP contribution in [0.15, 0.2) is 23.8 Å². The van der Waals surface area contributed by atoms with Gasteiger partial charge in [0, 0.05) is 0 Å². The van der Waals surface area contributed by atoms with Crippen molar-refractivity contribution in [2.24, 2.45) is 5.41 Å². The van der Waals surface area contributed by atoms with Crippen LogP contribution in [0.3, 0.4) is 0 Å². The molecule has 0 N–H and O–H groups in total. The van der Waals surface area contributed by atoms with E-state index in [0.717, 1.165) is 5.41 Å². The summed E-state index contributed by atoms with van der Waals surface area (Å²) in [6.07, 6.45) is 15.3. The van der Waals surface area contributed by atoms with E-state index >= 15 is 0 Å². The lowest BCUT2D eigenvalue weighted by Crippen LogP contribution is -2.00. The van der Waals surface area contributed by atoms with Gasteiger partial charge in [0.2, 0.25) is 0 Å². The molecule has 1 fully saturated rings. The van der Waals surface area contributed by atoms with E-state index < -0.39 is 0 Å². The Balaban J connectivity index is 1.94. The number of rotatable bonds is 3. The molecule has 2 aliphatic carbocycles. The van der Waals surface area contributed by atoms with E-state index in [1.54, 1.807) is 5.57 Å². The minimum Gasteiger partial charge on any atom is -0.0840 e. The molecule has 0 nitrogen and oxygen atoms in total. The Hall–Kier alpha value is -0.520. The minimum absolute atomic E-state index is 0.730. The first kappa shape index (κ1) is 8.10. The molecule has 0 aromatic carbocycles. The van der Waals surface area contributed by atoms with E-state index in [1.807, 2.05) is 0 Å². The fourth-order valence-electron chi connectivity index (χ4n) is 2.06. The van der Waals surface area contributed by atoms with Gasteiger partial charge in [-0.15, -0.1) is 0 Å².